The smallest absolute Gasteiger partial charge is 0.255 e. The Balaban J connectivity index is 2.16. The van der Waals surface area contributed by atoms with E-state index in [1.54, 1.807) is 30.3 Å². The zero-order valence-electron chi connectivity index (χ0n) is 11.4. The number of hydrogen-bond donors (Lipinski definition) is 1. The van der Waals surface area contributed by atoms with Crippen molar-refractivity contribution in [2.75, 3.05) is 6.61 Å². The van der Waals surface area contributed by atoms with Gasteiger partial charge in [-0.25, -0.2) is 4.98 Å². The molecule has 5 nitrogen and oxygen atoms in total. The molecular formula is C15H13N3O2S. The Labute approximate surface area is 126 Å². The van der Waals surface area contributed by atoms with E-state index in [1.165, 1.54) is 11.3 Å². The number of amides is 1. The topological polar surface area (TPSA) is 89.0 Å². The van der Waals surface area contributed by atoms with Gasteiger partial charge < -0.3 is 10.5 Å². The third kappa shape index (κ3) is 4.16. The Kier molecular flexibility index (Phi) is 4.69. The number of nitriles is 1. The van der Waals surface area contributed by atoms with Gasteiger partial charge in [0, 0.05) is 11.1 Å². The maximum absolute atomic E-state index is 10.6. The van der Waals surface area contributed by atoms with Crippen molar-refractivity contribution >= 4 is 28.9 Å². The van der Waals surface area contributed by atoms with Gasteiger partial charge in [0.2, 0.25) is 0 Å². The van der Waals surface area contributed by atoms with E-state index in [2.05, 4.69) is 11.1 Å². The highest BCUT2D eigenvalue weighted by molar-refractivity contribution is 7.11. The average Bonchev–Trinajstić information content (AvgIpc) is 2.90. The Bertz CT molecular complexity index is 711. The lowest BCUT2D eigenvalue weighted by molar-refractivity contribution is -0.119. The summed E-state index contributed by atoms with van der Waals surface area (Å²) in [4.78, 5) is 14.9. The van der Waals surface area contributed by atoms with Crippen LogP contribution in [0.4, 0.5) is 0 Å². The Morgan fingerprint density at radius 1 is 1.48 bits per heavy atom. The van der Waals surface area contributed by atoms with Crippen molar-refractivity contribution in [2.24, 2.45) is 5.73 Å². The number of nitrogens with zero attached hydrogens (tertiary/aromatic N) is 2. The van der Waals surface area contributed by atoms with Crippen molar-refractivity contribution < 1.29 is 9.53 Å². The minimum Gasteiger partial charge on any atom is -0.484 e. The quantitative estimate of drug-likeness (QED) is 0.858. The van der Waals surface area contributed by atoms with Crippen molar-refractivity contribution in [2.45, 2.75) is 6.92 Å². The summed E-state index contributed by atoms with van der Waals surface area (Å²) in [6.45, 7) is 1.73. The van der Waals surface area contributed by atoms with Gasteiger partial charge in [-0.3, -0.25) is 4.79 Å². The second-order valence-electron chi connectivity index (χ2n) is 4.29. The standard InChI is InChI=1S/C15H13N3O2S/c1-10-9-21-15(18-10)12(7-16)6-11-2-4-13(5-3-11)20-8-14(17)19/h2-6,9H,8H2,1H3,(H2,17,19)/b12-6+. The first-order valence-corrected chi connectivity index (χ1v) is 7.02. The molecule has 0 spiro atoms. The highest BCUT2D eigenvalue weighted by atomic mass is 32.1. The number of allylic oxidation sites excluding steroid dienone is 1. The fourth-order valence-electron chi connectivity index (χ4n) is 1.60. The zero-order chi connectivity index (χ0) is 15.2. The van der Waals surface area contributed by atoms with Crippen molar-refractivity contribution in [1.82, 2.24) is 4.98 Å². The van der Waals surface area contributed by atoms with Gasteiger partial charge in [-0.05, 0) is 30.7 Å². The van der Waals surface area contributed by atoms with Gasteiger partial charge in [-0.2, -0.15) is 5.26 Å². The third-order valence-electron chi connectivity index (χ3n) is 2.54. The number of nitrogens with two attached hydrogens (primary N) is 1. The number of aryl methyl sites for hydroxylation is 1. The predicted octanol–water partition coefficient (Wildman–Crippen LogP) is 2.38. The van der Waals surface area contributed by atoms with Crippen LogP contribution in [0.15, 0.2) is 29.6 Å². The molecule has 0 atom stereocenters. The summed E-state index contributed by atoms with van der Waals surface area (Å²) in [7, 11) is 0. The number of carbonyl (C=O) groups is 1. The third-order valence-corrected chi connectivity index (χ3v) is 3.54. The fraction of sp³-hybridized carbons (Fsp3) is 0.133. The number of rotatable bonds is 5. The summed E-state index contributed by atoms with van der Waals surface area (Å²) in [5, 5.41) is 11.8. The number of hydrogen-bond acceptors (Lipinski definition) is 5. The van der Waals surface area contributed by atoms with E-state index in [0.717, 1.165) is 11.3 Å². The van der Waals surface area contributed by atoms with Gasteiger partial charge in [0.15, 0.2) is 6.61 Å². The molecule has 0 aliphatic carbocycles. The van der Waals surface area contributed by atoms with Crippen molar-refractivity contribution in [3.05, 3.63) is 45.9 Å². The maximum Gasteiger partial charge on any atom is 0.255 e. The van der Waals surface area contributed by atoms with Crippen LogP contribution < -0.4 is 10.5 Å². The van der Waals surface area contributed by atoms with Crippen LogP contribution in [-0.4, -0.2) is 17.5 Å². The van der Waals surface area contributed by atoms with Gasteiger partial charge in [-0.1, -0.05) is 12.1 Å². The van der Waals surface area contributed by atoms with Gasteiger partial charge >= 0.3 is 0 Å². The van der Waals surface area contributed by atoms with Crippen molar-refractivity contribution in [3.8, 4) is 11.8 Å². The number of ether oxygens (including phenoxy) is 1. The first-order chi connectivity index (χ1) is 10.1. The van der Waals surface area contributed by atoms with Gasteiger partial charge in [0.05, 0.1) is 5.57 Å². The van der Waals surface area contributed by atoms with E-state index >= 15 is 0 Å². The monoisotopic (exact) mass is 299 g/mol. The number of benzene rings is 1. The number of carbonyl (C=O) groups excluding carboxylic acids is 1. The van der Waals surface area contributed by atoms with Crippen LogP contribution in [0.5, 0.6) is 5.75 Å². The molecule has 1 amide bonds. The number of thiazole rings is 1. The largest absolute Gasteiger partial charge is 0.484 e. The average molecular weight is 299 g/mol. The second kappa shape index (κ2) is 6.68. The van der Waals surface area contributed by atoms with E-state index < -0.39 is 5.91 Å². The summed E-state index contributed by atoms with van der Waals surface area (Å²) < 4.78 is 5.17. The molecule has 0 aliphatic rings. The highest BCUT2D eigenvalue weighted by Crippen LogP contribution is 2.22. The normalized spacial score (nSPS) is 11.0. The molecule has 0 saturated carbocycles. The lowest BCUT2D eigenvalue weighted by Crippen LogP contribution is -2.19. The van der Waals surface area contributed by atoms with Crippen molar-refractivity contribution in [1.29, 1.82) is 5.26 Å². The molecular weight excluding hydrogens is 286 g/mol. The summed E-state index contributed by atoms with van der Waals surface area (Å²) in [5.41, 5.74) is 7.27. The molecule has 0 aliphatic heterocycles. The Morgan fingerprint density at radius 3 is 2.71 bits per heavy atom. The van der Waals surface area contributed by atoms with Crippen LogP contribution in [0, 0.1) is 18.3 Å². The molecule has 0 unspecified atom stereocenters. The van der Waals surface area contributed by atoms with Crippen LogP contribution >= 0.6 is 11.3 Å². The molecule has 2 rings (SSSR count). The maximum atomic E-state index is 10.6. The molecule has 1 aromatic heterocycles. The van der Waals surface area contributed by atoms with Crippen LogP contribution in [0.25, 0.3) is 11.6 Å². The van der Waals surface area contributed by atoms with Crippen LogP contribution in [0.2, 0.25) is 0 Å². The molecule has 1 heterocycles. The van der Waals surface area contributed by atoms with Gasteiger partial charge in [0.25, 0.3) is 5.91 Å². The minimum absolute atomic E-state index is 0.156. The van der Waals surface area contributed by atoms with E-state index in [1.807, 2.05) is 12.3 Å². The fourth-order valence-corrected chi connectivity index (χ4v) is 2.36. The Hall–Kier alpha value is -2.65. The lowest BCUT2D eigenvalue weighted by Gasteiger charge is -2.03. The van der Waals surface area contributed by atoms with Gasteiger partial charge in [0.1, 0.15) is 16.8 Å². The van der Waals surface area contributed by atoms with E-state index in [9.17, 15) is 10.1 Å². The second-order valence-corrected chi connectivity index (χ2v) is 5.15. The zero-order valence-corrected chi connectivity index (χ0v) is 12.2. The van der Waals surface area contributed by atoms with Gasteiger partial charge in [-0.15, -0.1) is 11.3 Å². The molecule has 0 bridgehead atoms. The highest BCUT2D eigenvalue weighted by Gasteiger charge is 2.05. The summed E-state index contributed by atoms with van der Waals surface area (Å²) in [5.74, 6) is 0.0272. The SMILES string of the molecule is Cc1csc(/C(C#N)=C/c2ccc(OCC(N)=O)cc2)n1. The van der Waals surface area contributed by atoms with Crippen LogP contribution in [0.1, 0.15) is 16.3 Å². The number of primary amides is 1. The minimum atomic E-state index is -0.523. The molecule has 0 radical (unpaired) electrons. The first kappa shape index (κ1) is 14.8. The Morgan fingerprint density at radius 2 is 2.19 bits per heavy atom. The molecule has 2 aromatic rings. The first-order valence-electron chi connectivity index (χ1n) is 6.14. The summed E-state index contributed by atoms with van der Waals surface area (Å²) in [6.07, 6.45) is 1.76. The molecule has 2 N–H and O–H groups in total. The van der Waals surface area contributed by atoms with Crippen LogP contribution in [-0.2, 0) is 4.79 Å². The van der Waals surface area contributed by atoms with Crippen LogP contribution in [0.3, 0.4) is 0 Å². The summed E-state index contributed by atoms with van der Waals surface area (Å²) >= 11 is 1.44. The molecule has 21 heavy (non-hydrogen) atoms. The predicted molar refractivity (Wildman–Crippen MR) is 81.5 cm³/mol. The molecule has 1 aromatic carbocycles. The molecule has 106 valence electrons. The van der Waals surface area contributed by atoms with E-state index in [-0.39, 0.29) is 6.61 Å². The van der Waals surface area contributed by atoms with E-state index in [0.29, 0.717) is 16.3 Å². The summed E-state index contributed by atoms with van der Waals surface area (Å²) in [6, 6.07) is 9.19. The molecule has 0 fully saturated rings. The molecule has 0 saturated heterocycles. The molecule has 6 heteroatoms. The van der Waals surface area contributed by atoms with Crippen molar-refractivity contribution in [3.63, 3.8) is 0 Å². The van der Waals surface area contributed by atoms with E-state index in [4.69, 9.17) is 10.5 Å². The lowest BCUT2D eigenvalue weighted by atomic mass is 10.1. The number of aromatic nitrogens is 1.